The van der Waals surface area contributed by atoms with Gasteiger partial charge in [-0.1, -0.05) is 26.0 Å². The molecule has 2 aromatic heterocycles. The first kappa shape index (κ1) is 36.3. The normalized spacial score (nSPS) is 27.4. The van der Waals surface area contributed by atoms with Gasteiger partial charge in [0, 0.05) is 41.9 Å². The van der Waals surface area contributed by atoms with Crippen molar-refractivity contribution < 1.29 is 32.3 Å². The van der Waals surface area contributed by atoms with E-state index in [0.717, 1.165) is 40.9 Å². The van der Waals surface area contributed by atoms with Crippen molar-refractivity contribution in [3.63, 3.8) is 0 Å². The van der Waals surface area contributed by atoms with E-state index in [2.05, 4.69) is 23.9 Å². The zero-order chi connectivity index (χ0) is 36.9. The summed E-state index contributed by atoms with van der Waals surface area (Å²) in [7, 11) is -0.445. The maximum atomic E-state index is 14.3. The first-order valence-electron chi connectivity index (χ1n) is 18.2. The lowest BCUT2D eigenvalue weighted by Crippen LogP contribution is -2.54. The van der Waals surface area contributed by atoms with E-state index in [1.54, 1.807) is 19.1 Å². The number of allylic oxidation sites excluding steroid dienone is 1. The van der Waals surface area contributed by atoms with Gasteiger partial charge in [-0.3, -0.25) is 19.1 Å². The minimum absolute atomic E-state index is 0.147. The van der Waals surface area contributed by atoms with Crippen LogP contribution in [-0.2, 0) is 24.4 Å². The van der Waals surface area contributed by atoms with Gasteiger partial charge >= 0.3 is 0 Å². The summed E-state index contributed by atoms with van der Waals surface area (Å²) < 4.78 is 40.2. The Morgan fingerprint density at radius 2 is 1.88 bits per heavy atom. The number of methoxy groups -OCH3 is 1. The summed E-state index contributed by atoms with van der Waals surface area (Å²) >= 11 is 1.51. The van der Waals surface area contributed by atoms with Gasteiger partial charge in [0.2, 0.25) is 21.8 Å². The third-order valence-electron chi connectivity index (χ3n) is 11.0. The van der Waals surface area contributed by atoms with E-state index >= 15 is 0 Å². The van der Waals surface area contributed by atoms with Gasteiger partial charge < -0.3 is 19.7 Å². The van der Waals surface area contributed by atoms with Gasteiger partial charge in [0.25, 0.3) is 5.91 Å². The van der Waals surface area contributed by atoms with Gasteiger partial charge in [0.15, 0.2) is 0 Å². The molecular formula is C38H47N5O7S2. The lowest BCUT2D eigenvalue weighted by Gasteiger charge is -2.26. The zero-order valence-electron chi connectivity index (χ0n) is 30.3. The summed E-state index contributed by atoms with van der Waals surface area (Å²) in [6.45, 7) is 6.69. The number of carbonyl (C=O) groups is 3. The van der Waals surface area contributed by atoms with Crippen molar-refractivity contribution in [1.82, 2.24) is 24.9 Å². The Morgan fingerprint density at radius 3 is 2.60 bits per heavy atom. The summed E-state index contributed by atoms with van der Waals surface area (Å²) in [5, 5.41) is 5.95. The number of hydrogen-bond acceptors (Lipinski definition) is 10. The Hall–Kier alpha value is -4.04. The second-order valence-corrected chi connectivity index (χ2v) is 17.9. The maximum absolute atomic E-state index is 14.3. The van der Waals surface area contributed by atoms with E-state index in [4.69, 9.17) is 19.4 Å². The highest BCUT2D eigenvalue weighted by atomic mass is 32.2. The van der Waals surface area contributed by atoms with Crippen molar-refractivity contribution >= 4 is 50.0 Å². The van der Waals surface area contributed by atoms with Crippen LogP contribution < -0.4 is 19.5 Å². The predicted octanol–water partition coefficient (Wildman–Crippen LogP) is 5.25. The molecular weight excluding hydrogens is 703 g/mol. The van der Waals surface area contributed by atoms with E-state index in [0.29, 0.717) is 48.5 Å². The van der Waals surface area contributed by atoms with Crippen LogP contribution in [0.15, 0.2) is 35.7 Å². The molecule has 0 spiro atoms. The van der Waals surface area contributed by atoms with Crippen molar-refractivity contribution in [3.05, 3.63) is 47.0 Å². The molecule has 3 amide bonds. The Morgan fingerprint density at radius 1 is 1.12 bits per heavy atom. The average Bonchev–Trinajstić information content (AvgIpc) is 3.98. The third-order valence-corrected chi connectivity index (χ3v) is 13.7. The van der Waals surface area contributed by atoms with Crippen LogP contribution in [0, 0.1) is 24.7 Å². The standard InChI is InChI=1S/C38H47N5O7S2/c1-21(2)30-20-51-35(40-30)29-18-32(26-13-14-31(49-5)22(3)33(26)39-29)50-24-16-27-28(17-24)36(45)43(4)15-9-7-6-8-10-23-19-38(23,41-34(27)44)37(46)42-52(47,48)25-11-12-25/h8,10,13-14,18,20-21,23-25,27-28H,6-7,9,11-12,15-17,19H2,1-5H3,(H,41,44)(H,42,46)/b10-8+/t23-,24+,27-,28+,38+/m0/s1. The largest absolute Gasteiger partial charge is 0.496 e. The van der Waals surface area contributed by atoms with Crippen LogP contribution in [0.3, 0.4) is 0 Å². The molecule has 3 aromatic rings. The number of pyridine rings is 1. The summed E-state index contributed by atoms with van der Waals surface area (Å²) in [5.74, 6) is -1.63. The molecule has 1 aromatic carbocycles. The minimum atomic E-state index is -3.83. The second kappa shape index (κ2) is 14.1. The highest BCUT2D eigenvalue weighted by Crippen LogP contribution is 2.47. The number of sulfonamides is 1. The molecule has 0 saturated heterocycles. The second-order valence-electron chi connectivity index (χ2n) is 15.1. The van der Waals surface area contributed by atoms with Crippen LogP contribution in [-0.4, -0.2) is 78.6 Å². The quantitative estimate of drug-likeness (QED) is 0.294. The zero-order valence-corrected chi connectivity index (χ0v) is 31.9. The fourth-order valence-electron chi connectivity index (χ4n) is 7.55. The summed E-state index contributed by atoms with van der Waals surface area (Å²) in [6.07, 6.45) is 7.61. The van der Waals surface area contributed by atoms with Crippen molar-refractivity contribution in [2.45, 2.75) is 94.9 Å². The molecule has 278 valence electrons. The lowest BCUT2D eigenvalue weighted by molar-refractivity contribution is -0.140. The molecule has 5 atom stereocenters. The number of amides is 3. The molecule has 0 radical (unpaired) electrons. The van der Waals surface area contributed by atoms with E-state index in [1.807, 2.05) is 42.7 Å². The van der Waals surface area contributed by atoms with Crippen LogP contribution in [0.25, 0.3) is 21.6 Å². The highest BCUT2D eigenvalue weighted by Gasteiger charge is 2.62. The van der Waals surface area contributed by atoms with Crippen LogP contribution in [0.1, 0.15) is 82.4 Å². The Labute approximate surface area is 308 Å². The number of aryl methyl sites for hydroxylation is 1. The first-order chi connectivity index (χ1) is 24.8. The number of rotatable bonds is 8. The Kier molecular flexibility index (Phi) is 9.83. The first-order valence-corrected chi connectivity index (χ1v) is 20.6. The van der Waals surface area contributed by atoms with Crippen molar-refractivity contribution in [2.24, 2.45) is 17.8 Å². The van der Waals surface area contributed by atoms with Crippen molar-refractivity contribution in [3.8, 4) is 22.2 Å². The number of benzene rings is 1. The van der Waals surface area contributed by atoms with Crippen LogP contribution in [0.2, 0.25) is 0 Å². The van der Waals surface area contributed by atoms with Gasteiger partial charge in [0.05, 0.1) is 35.4 Å². The number of aromatic nitrogens is 2. The summed E-state index contributed by atoms with van der Waals surface area (Å²) in [6, 6.07) is 5.66. The van der Waals surface area contributed by atoms with E-state index in [1.165, 1.54) is 11.3 Å². The molecule has 14 heteroatoms. The fraction of sp³-hybridized carbons (Fsp3) is 0.553. The molecule has 7 rings (SSSR count). The van der Waals surface area contributed by atoms with Gasteiger partial charge in [-0.2, -0.15) is 0 Å². The lowest BCUT2D eigenvalue weighted by atomic mass is 9.93. The minimum Gasteiger partial charge on any atom is -0.496 e. The molecule has 0 bridgehead atoms. The molecule has 1 aliphatic heterocycles. The van der Waals surface area contributed by atoms with Crippen molar-refractivity contribution in [2.75, 3.05) is 20.7 Å². The molecule has 4 aliphatic rings. The molecule has 52 heavy (non-hydrogen) atoms. The number of thiazole rings is 1. The number of fused-ring (bicyclic) bond motifs is 3. The van der Waals surface area contributed by atoms with E-state index in [9.17, 15) is 22.8 Å². The van der Waals surface area contributed by atoms with Gasteiger partial charge in [-0.25, -0.2) is 18.4 Å². The SMILES string of the molecule is COc1ccc2c(O[C@@H]3C[C@@H]4C(=O)N[C@]5(C(=O)NS(=O)(=O)C6CC6)C[C@@H]5/C=C/CCCCN(C)C(=O)[C@@H]4C3)cc(-c3nc(C(C)C)cs3)nc2c1C. The van der Waals surface area contributed by atoms with E-state index < -0.39 is 50.6 Å². The van der Waals surface area contributed by atoms with Gasteiger partial charge in [-0.05, 0) is 76.3 Å². The van der Waals surface area contributed by atoms with Crippen LogP contribution in [0.4, 0.5) is 0 Å². The van der Waals surface area contributed by atoms with E-state index in [-0.39, 0.29) is 30.6 Å². The highest BCUT2D eigenvalue weighted by molar-refractivity contribution is 7.91. The fourth-order valence-corrected chi connectivity index (χ4v) is 9.85. The van der Waals surface area contributed by atoms with Crippen LogP contribution in [0.5, 0.6) is 11.5 Å². The summed E-state index contributed by atoms with van der Waals surface area (Å²) in [5.41, 5.74) is 1.79. The topological polar surface area (TPSA) is 157 Å². The molecule has 3 heterocycles. The molecule has 3 saturated carbocycles. The number of ether oxygens (including phenoxy) is 2. The number of carbonyl (C=O) groups excluding carboxylic acids is 3. The Balaban J connectivity index is 1.21. The molecule has 2 N–H and O–H groups in total. The van der Waals surface area contributed by atoms with Gasteiger partial charge in [0.1, 0.15) is 33.8 Å². The molecule has 12 nitrogen and oxygen atoms in total. The number of nitrogens with one attached hydrogen (secondary N) is 2. The number of hydrogen-bond donors (Lipinski definition) is 2. The predicted molar refractivity (Wildman–Crippen MR) is 199 cm³/mol. The van der Waals surface area contributed by atoms with Crippen molar-refractivity contribution in [1.29, 1.82) is 0 Å². The molecule has 0 unspecified atom stereocenters. The third kappa shape index (κ3) is 7.03. The molecule has 3 fully saturated rings. The average molecular weight is 750 g/mol. The smallest absolute Gasteiger partial charge is 0.259 e. The maximum Gasteiger partial charge on any atom is 0.259 e. The Bertz CT molecular complexity index is 2040. The summed E-state index contributed by atoms with van der Waals surface area (Å²) in [4.78, 5) is 53.5. The number of nitrogens with zero attached hydrogens (tertiary/aromatic N) is 3. The van der Waals surface area contributed by atoms with Gasteiger partial charge in [-0.15, -0.1) is 11.3 Å². The monoisotopic (exact) mass is 749 g/mol. The molecule has 3 aliphatic carbocycles. The van der Waals surface area contributed by atoms with Crippen LogP contribution >= 0.6 is 11.3 Å².